The number of hydrogen-bond donors (Lipinski definition) is 4. The fourth-order valence-electron chi connectivity index (χ4n) is 1.74. The molecule has 21 heavy (non-hydrogen) atoms. The summed E-state index contributed by atoms with van der Waals surface area (Å²) in [6, 6.07) is -1.54. The summed E-state index contributed by atoms with van der Waals surface area (Å²) in [4.78, 5) is 33.3. The molecule has 2 heterocycles. The number of imidazole rings is 2. The van der Waals surface area contributed by atoms with Gasteiger partial charge in [-0.15, -0.1) is 0 Å². The number of carbonyl (C=O) groups is 2. The average Bonchev–Trinajstić information content (AvgIpc) is 3.10. The molecule has 0 fully saturated rings. The number of amides is 2. The first-order chi connectivity index (χ1) is 10.1. The first-order valence-corrected chi connectivity index (χ1v) is 6.35. The molecule has 0 radical (unpaired) electrons. The van der Waals surface area contributed by atoms with Gasteiger partial charge in [-0.2, -0.15) is 0 Å². The van der Waals surface area contributed by atoms with E-state index in [9.17, 15) is 9.59 Å². The fourth-order valence-corrected chi connectivity index (χ4v) is 1.74. The molecule has 0 unspecified atom stereocenters. The van der Waals surface area contributed by atoms with Crippen LogP contribution >= 0.6 is 0 Å². The molecule has 0 aliphatic carbocycles. The summed E-state index contributed by atoms with van der Waals surface area (Å²) in [5.41, 5.74) is 0.640. The molecular weight excluding hydrogens is 276 g/mol. The van der Waals surface area contributed by atoms with Gasteiger partial charge in [0.25, 0.3) is 0 Å². The number of aromatic amines is 1. The summed E-state index contributed by atoms with van der Waals surface area (Å²) in [6.07, 6.45) is 8.18. The highest BCUT2D eigenvalue weighted by molar-refractivity contribution is 5.82. The van der Waals surface area contributed by atoms with Gasteiger partial charge in [-0.3, -0.25) is 0 Å². The van der Waals surface area contributed by atoms with Crippen LogP contribution in [0.25, 0.3) is 0 Å². The van der Waals surface area contributed by atoms with Gasteiger partial charge >= 0.3 is 12.0 Å². The van der Waals surface area contributed by atoms with Crippen LogP contribution in [0.2, 0.25) is 0 Å². The Bertz CT molecular complexity index is 566. The first-order valence-electron chi connectivity index (χ1n) is 6.35. The van der Waals surface area contributed by atoms with Crippen LogP contribution in [0, 0.1) is 0 Å². The van der Waals surface area contributed by atoms with Crippen molar-refractivity contribution in [2.75, 3.05) is 6.54 Å². The van der Waals surface area contributed by atoms with Crippen LogP contribution in [0.5, 0.6) is 0 Å². The topological polar surface area (TPSA) is 125 Å². The Labute approximate surface area is 120 Å². The predicted molar refractivity (Wildman–Crippen MR) is 72.5 cm³/mol. The van der Waals surface area contributed by atoms with E-state index in [0.717, 1.165) is 0 Å². The van der Waals surface area contributed by atoms with Gasteiger partial charge in [-0.1, -0.05) is 0 Å². The number of urea groups is 1. The van der Waals surface area contributed by atoms with Crippen LogP contribution in [0.15, 0.2) is 31.2 Å². The van der Waals surface area contributed by atoms with Crippen molar-refractivity contribution >= 4 is 12.0 Å². The fraction of sp³-hybridized carbons (Fsp3) is 0.333. The Kier molecular flexibility index (Phi) is 4.91. The third kappa shape index (κ3) is 4.64. The quantitative estimate of drug-likeness (QED) is 0.552. The number of H-pyrrole nitrogens is 1. The number of hydrogen-bond acceptors (Lipinski definition) is 4. The maximum absolute atomic E-state index is 11.7. The summed E-state index contributed by atoms with van der Waals surface area (Å²) >= 11 is 0. The molecule has 0 aliphatic rings. The zero-order valence-electron chi connectivity index (χ0n) is 11.2. The lowest BCUT2D eigenvalue weighted by Crippen LogP contribution is -2.47. The lowest BCUT2D eigenvalue weighted by Gasteiger charge is -2.14. The van der Waals surface area contributed by atoms with E-state index in [2.05, 4.69) is 25.6 Å². The van der Waals surface area contributed by atoms with E-state index in [1.165, 1.54) is 12.5 Å². The summed E-state index contributed by atoms with van der Waals surface area (Å²) in [7, 11) is 0. The molecule has 0 spiro atoms. The van der Waals surface area contributed by atoms with Gasteiger partial charge in [0.05, 0.1) is 12.7 Å². The third-order valence-electron chi connectivity index (χ3n) is 2.80. The van der Waals surface area contributed by atoms with Crippen molar-refractivity contribution in [1.29, 1.82) is 0 Å². The van der Waals surface area contributed by atoms with Crippen molar-refractivity contribution in [3.63, 3.8) is 0 Å². The van der Waals surface area contributed by atoms with Gasteiger partial charge in [-0.25, -0.2) is 19.6 Å². The molecule has 9 heteroatoms. The Balaban J connectivity index is 1.76. The highest BCUT2D eigenvalue weighted by atomic mass is 16.4. The normalized spacial score (nSPS) is 11.8. The molecule has 0 saturated heterocycles. The van der Waals surface area contributed by atoms with Gasteiger partial charge in [0, 0.05) is 43.8 Å². The van der Waals surface area contributed by atoms with Crippen LogP contribution in [0.3, 0.4) is 0 Å². The lowest BCUT2D eigenvalue weighted by atomic mass is 10.2. The zero-order valence-corrected chi connectivity index (χ0v) is 11.2. The van der Waals surface area contributed by atoms with Gasteiger partial charge in [0.1, 0.15) is 6.04 Å². The summed E-state index contributed by atoms with van der Waals surface area (Å²) in [6.45, 7) is 0.935. The van der Waals surface area contributed by atoms with Crippen molar-refractivity contribution in [3.05, 3.63) is 36.9 Å². The van der Waals surface area contributed by atoms with E-state index >= 15 is 0 Å². The van der Waals surface area contributed by atoms with Crippen molar-refractivity contribution in [1.82, 2.24) is 30.2 Å². The minimum absolute atomic E-state index is 0.143. The molecule has 112 valence electrons. The lowest BCUT2D eigenvalue weighted by molar-refractivity contribution is -0.139. The van der Waals surface area contributed by atoms with Crippen LogP contribution in [0.1, 0.15) is 5.69 Å². The number of aromatic nitrogens is 4. The maximum Gasteiger partial charge on any atom is 0.326 e. The molecular formula is C12H16N6O3. The molecule has 0 saturated carbocycles. The van der Waals surface area contributed by atoms with Crippen molar-refractivity contribution < 1.29 is 14.7 Å². The van der Waals surface area contributed by atoms with E-state index in [4.69, 9.17) is 5.11 Å². The van der Waals surface area contributed by atoms with Crippen LogP contribution < -0.4 is 10.6 Å². The number of aliphatic carboxylic acids is 1. The minimum Gasteiger partial charge on any atom is -0.480 e. The number of nitrogens with one attached hydrogen (secondary N) is 3. The number of rotatable bonds is 7. The summed E-state index contributed by atoms with van der Waals surface area (Å²) < 4.78 is 1.81. The maximum atomic E-state index is 11.7. The van der Waals surface area contributed by atoms with E-state index in [1.54, 1.807) is 23.3 Å². The van der Waals surface area contributed by atoms with Crippen LogP contribution in [-0.2, 0) is 17.8 Å². The molecule has 2 aromatic heterocycles. The van der Waals surface area contributed by atoms with Crippen LogP contribution in [-0.4, -0.2) is 49.2 Å². The first kappa shape index (κ1) is 14.6. The second-order valence-corrected chi connectivity index (χ2v) is 4.37. The Morgan fingerprint density at radius 2 is 2.29 bits per heavy atom. The molecule has 2 amide bonds. The molecule has 0 bridgehead atoms. The van der Waals surface area contributed by atoms with Crippen molar-refractivity contribution in [2.24, 2.45) is 0 Å². The molecule has 1 atom stereocenters. The average molecular weight is 292 g/mol. The molecule has 9 nitrogen and oxygen atoms in total. The summed E-state index contributed by atoms with van der Waals surface area (Å²) in [5.74, 6) is -1.10. The molecule has 0 aromatic carbocycles. The standard InChI is InChI=1S/C12H16N6O3/c19-11(20)10(5-9-6-14-7-16-9)17-12(21)15-2-4-18-3-1-13-8-18/h1,3,6-8,10H,2,4-5H2,(H,14,16)(H,19,20)(H2,15,17,21)/t10-/m0/s1. The van der Waals surface area contributed by atoms with E-state index < -0.39 is 18.0 Å². The predicted octanol–water partition coefficient (Wildman–Crippen LogP) is -0.399. The number of carboxylic acid groups (broad SMARTS) is 1. The van der Waals surface area contributed by atoms with E-state index in [0.29, 0.717) is 18.8 Å². The smallest absolute Gasteiger partial charge is 0.326 e. The second-order valence-electron chi connectivity index (χ2n) is 4.37. The number of carboxylic acids is 1. The van der Waals surface area contributed by atoms with Gasteiger partial charge in [0.2, 0.25) is 0 Å². The van der Waals surface area contributed by atoms with Gasteiger partial charge in [-0.05, 0) is 0 Å². The molecule has 2 aromatic rings. The van der Waals surface area contributed by atoms with Gasteiger partial charge in [0.15, 0.2) is 0 Å². The summed E-state index contributed by atoms with van der Waals surface area (Å²) in [5, 5.41) is 14.1. The monoisotopic (exact) mass is 292 g/mol. The molecule has 4 N–H and O–H groups in total. The van der Waals surface area contributed by atoms with E-state index in [-0.39, 0.29) is 6.42 Å². The Morgan fingerprint density at radius 1 is 1.43 bits per heavy atom. The number of carbonyl (C=O) groups excluding carboxylic acids is 1. The van der Waals surface area contributed by atoms with Crippen molar-refractivity contribution in [2.45, 2.75) is 19.0 Å². The SMILES string of the molecule is O=C(NCCn1ccnc1)N[C@@H](Cc1cnc[nH]1)C(=O)O. The molecule has 0 aliphatic heterocycles. The van der Waals surface area contributed by atoms with Crippen LogP contribution in [0.4, 0.5) is 4.79 Å². The highest BCUT2D eigenvalue weighted by Crippen LogP contribution is 1.98. The second kappa shape index (κ2) is 7.08. The number of nitrogens with zero attached hydrogens (tertiary/aromatic N) is 3. The van der Waals surface area contributed by atoms with E-state index in [1.807, 2.05) is 0 Å². The van der Waals surface area contributed by atoms with Gasteiger partial charge < -0.3 is 25.3 Å². The Hall–Kier alpha value is -2.84. The Morgan fingerprint density at radius 3 is 2.90 bits per heavy atom. The van der Waals surface area contributed by atoms with Crippen molar-refractivity contribution in [3.8, 4) is 0 Å². The molecule has 2 rings (SSSR count). The third-order valence-corrected chi connectivity index (χ3v) is 2.80. The highest BCUT2D eigenvalue weighted by Gasteiger charge is 2.20. The zero-order chi connectivity index (χ0) is 15.1. The largest absolute Gasteiger partial charge is 0.480 e. The minimum atomic E-state index is -1.10.